The van der Waals surface area contributed by atoms with Crippen molar-refractivity contribution < 1.29 is 23.8 Å². The normalized spacial score (nSPS) is 10.6. The van der Waals surface area contributed by atoms with Gasteiger partial charge in [-0.25, -0.2) is 0 Å². The molecule has 2 amide bonds. The van der Waals surface area contributed by atoms with Crippen LogP contribution in [0.25, 0.3) is 6.08 Å². The smallest absolute Gasteiger partial charge is 0.256 e. The highest BCUT2D eigenvalue weighted by atomic mass is 16.5. The molecule has 0 aliphatic carbocycles. The molecule has 0 aliphatic rings. The molecule has 2 N–H and O–H groups in total. The van der Waals surface area contributed by atoms with Crippen molar-refractivity contribution in [1.82, 2.24) is 10.6 Å². The minimum Gasteiger partial charge on any atom is -0.496 e. The van der Waals surface area contributed by atoms with E-state index in [2.05, 4.69) is 38.3 Å². The molecule has 0 fully saturated rings. The average molecular weight is 421 g/mol. The third kappa shape index (κ3) is 7.97. The molecule has 7 nitrogen and oxygen atoms in total. The van der Waals surface area contributed by atoms with E-state index in [1.807, 2.05) is 0 Å². The predicted octanol–water partition coefficient (Wildman–Crippen LogP) is 3.42. The summed E-state index contributed by atoms with van der Waals surface area (Å²) >= 11 is 0. The van der Waals surface area contributed by atoms with Gasteiger partial charge < -0.3 is 24.8 Å². The van der Waals surface area contributed by atoms with Gasteiger partial charge in [0.25, 0.3) is 11.8 Å². The molecule has 0 heterocycles. The van der Waals surface area contributed by atoms with Crippen molar-refractivity contribution in [2.24, 2.45) is 11.8 Å². The predicted molar refractivity (Wildman–Crippen MR) is 119 cm³/mol. The molecule has 168 valence electrons. The summed E-state index contributed by atoms with van der Waals surface area (Å²) in [6, 6.07) is 3.34. The van der Waals surface area contributed by atoms with E-state index in [4.69, 9.17) is 14.2 Å². The molecule has 0 radical (unpaired) electrons. The van der Waals surface area contributed by atoms with E-state index in [1.54, 1.807) is 12.1 Å². The molecular formula is C23H36N2O5. The summed E-state index contributed by atoms with van der Waals surface area (Å²) in [5.41, 5.74) is 0.566. The summed E-state index contributed by atoms with van der Waals surface area (Å²) in [6.07, 6.45) is 3.18. The largest absolute Gasteiger partial charge is 0.496 e. The van der Waals surface area contributed by atoms with Gasteiger partial charge in [0.05, 0.1) is 21.3 Å². The Morgan fingerprint density at radius 3 is 1.63 bits per heavy atom. The molecule has 7 heteroatoms. The number of hydrogen-bond donors (Lipinski definition) is 2. The van der Waals surface area contributed by atoms with Crippen LogP contribution in [0.15, 0.2) is 17.7 Å². The zero-order chi connectivity index (χ0) is 22.7. The van der Waals surface area contributed by atoms with Crippen LogP contribution < -0.4 is 24.8 Å². The summed E-state index contributed by atoms with van der Waals surface area (Å²) < 4.78 is 16.1. The number of nitrogens with one attached hydrogen (secondary N) is 2. The van der Waals surface area contributed by atoms with Crippen LogP contribution in [0.5, 0.6) is 17.2 Å². The summed E-state index contributed by atoms with van der Waals surface area (Å²) in [7, 11) is 4.57. The molecule has 0 atom stereocenters. The van der Waals surface area contributed by atoms with E-state index in [0.29, 0.717) is 47.7 Å². The third-order valence-corrected chi connectivity index (χ3v) is 4.54. The van der Waals surface area contributed by atoms with Crippen LogP contribution >= 0.6 is 0 Å². The Balaban J connectivity index is 3.26. The summed E-state index contributed by atoms with van der Waals surface area (Å²) in [4.78, 5) is 25.6. The van der Waals surface area contributed by atoms with E-state index in [-0.39, 0.29) is 5.57 Å². The quantitative estimate of drug-likeness (QED) is 0.307. The molecular weight excluding hydrogens is 384 g/mol. The van der Waals surface area contributed by atoms with Crippen LogP contribution in [0.4, 0.5) is 0 Å². The minimum atomic E-state index is -0.422. The van der Waals surface area contributed by atoms with Gasteiger partial charge in [-0.05, 0) is 36.8 Å². The molecule has 1 aromatic carbocycles. The number of carbonyl (C=O) groups excluding carboxylic acids is 2. The molecule has 0 unspecified atom stereocenters. The van der Waals surface area contributed by atoms with E-state index >= 15 is 0 Å². The van der Waals surface area contributed by atoms with Crippen molar-refractivity contribution in [2.75, 3.05) is 34.4 Å². The lowest BCUT2D eigenvalue weighted by Crippen LogP contribution is -2.36. The lowest BCUT2D eigenvalue weighted by Gasteiger charge is -2.14. The van der Waals surface area contributed by atoms with Crippen molar-refractivity contribution in [2.45, 2.75) is 40.5 Å². The van der Waals surface area contributed by atoms with Crippen LogP contribution in [0.1, 0.15) is 46.1 Å². The zero-order valence-electron chi connectivity index (χ0n) is 19.3. The molecule has 0 bridgehead atoms. The van der Waals surface area contributed by atoms with Crippen LogP contribution in [0, 0.1) is 11.8 Å². The number of rotatable bonds is 12. The van der Waals surface area contributed by atoms with Crippen molar-refractivity contribution in [3.8, 4) is 17.2 Å². The van der Waals surface area contributed by atoms with E-state index in [9.17, 15) is 9.59 Å². The first-order valence-corrected chi connectivity index (χ1v) is 10.3. The van der Waals surface area contributed by atoms with Gasteiger partial charge in [-0.3, -0.25) is 9.59 Å². The molecule has 0 spiro atoms. The highest BCUT2D eigenvalue weighted by Gasteiger charge is 2.20. The number of amides is 2. The molecule has 0 saturated heterocycles. The van der Waals surface area contributed by atoms with Crippen LogP contribution in [0.3, 0.4) is 0 Å². The molecule has 0 aliphatic heterocycles. The standard InChI is InChI=1S/C23H36N2O5/c1-15(2)8-10-24-22(26)18(23(27)25-11-9-16(3)4)12-17-13-20(29-6)21(30-7)14-19(17)28-5/h12-16H,8-11H2,1-7H3,(H,24,26)(H,25,27). The van der Waals surface area contributed by atoms with Crippen molar-refractivity contribution in [3.63, 3.8) is 0 Å². The fourth-order valence-corrected chi connectivity index (χ4v) is 2.69. The Hall–Kier alpha value is -2.70. The van der Waals surface area contributed by atoms with Gasteiger partial charge in [-0.15, -0.1) is 0 Å². The monoisotopic (exact) mass is 420 g/mol. The van der Waals surface area contributed by atoms with E-state index < -0.39 is 11.8 Å². The van der Waals surface area contributed by atoms with Crippen LogP contribution in [-0.4, -0.2) is 46.2 Å². The highest BCUT2D eigenvalue weighted by molar-refractivity contribution is 6.21. The number of methoxy groups -OCH3 is 3. The van der Waals surface area contributed by atoms with Gasteiger partial charge in [0.15, 0.2) is 11.5 Å². The maximum Gasteiger partial charge on any atom is 0.256 e. The second-order valence-electron chi connectivity index (χ2n) is 7.88. The maximum atomic E-state index is 12.8. The number of ether oxygens (including phenoxy) is 3. The number of benzene rings is 1. The summed E-state index contributed by atoms with van der Waals surface area (Å²) in [5, 5.41) is 5.68. The van der Waals surface area contributed by atoms with Crippen LogP contribution in [0.2, 0.25) is 0 Å². The van der Waals surface area contributed by atoms with Crippen molar-refractivity contribution in [1.29, 1.82) is 0 Å². The van der Waals surface area contributed by atoms with Gasteiger partial charge >= 0.3 is 0 Å². The Kier molecular flexibility index (Phi) is 10.8. The molecule has 0 aromatic heterocycles. The van der Waals surface area contributed by atoms with E-state index in [1.165, 1.54) is 27.4 Å². The fraction of sp³-hybridized carbons (Fsp3) is 0.565. The molecule has 30 heavy (non-hydrogen) atoms. The summed E-state index contributed by atoms with van der Waals surface area (Å²) in [6.45, 7) is 9.31. The van der Waals surface area contributed by atoms with Gasteiger partial charge in [0.1, 0.15) is 11.3 Å². The minimum absolute atomic E-state index is 0.0213. The van der Waals surface area contributed by atoms with Gasteiger partial charge in [-0.1, -0.05) is 27.7 Å². The summed E-state index contributed by atoms with van der Waals surface area (Å²) in [5.74, 6) is 1.49. The van der Waals surface area contributed by atoms with Gasteiger partial charge in [0, 0.05) is 24.7 Å². The third-order valence-electron chi connectivity index (χ3n) is 4.54. The Labute approximate surface area is 180 Å². The second-order valence-corrected chi connectivity index (χ2v) is 7.88. The molecule has 1 rings (SSSR count). The highest BCUT2D eigenvalue weighted by Crippen LogP contribution is 2.35. The van der Waals surface area contributed by atoms with Gasteiger partial charge in [-0.2, -0.15) is 0 Å². The zero-order valence-corrected chi connectivity index (χ0v) is 19.3. The van der Waals surface area contributed by atoms with Gasteiger partial charge in [0.2, 0.25) is 0 Å². The molecule has 1 aromatic rings. The Morgan fingerprint density at radius 1 is 0.800 bits per heavy atom. The molecule has 0 saturated carbocycles. The fourth-order valence-electron chi connectivity index (χ4n) is 2.69. The lowest BCUT2D eigenvalue weighted by molar-refractivity contribution is -0.123. The number of hydrogen-bond acceptors (Lipinski definition) is 5. The maximum absolute atomic E-state index is 12.8. The topological polar surface area (TPSA) is 85.9 Å². The Bertz CT molecular complexity index is 713. The van der Waals surface area contributed by atoms with Crippen molar-refractivity contribution >= 4 is 17.9 Å². The lowest BCUT2D eigenvalue weighted by atomic mass is 10.1. The SMILES string of the molecule is COc1cc(OC)c(OC)cc1C=C(C(=O)NCCC(C)C)C(=O)NCCC(C)C. The second kappa shape index (κ2) is 12.8. The number of carbonyl (C=O) groups is 2. The van der Waals surface area contributed by atoms with Crippen molar-refractivity contribution in [3.05, 3.63) is 23.3 Å². The van der Waals surface area contributed by atoms with E-state index in [0.717, 1.165) is 12.8 Å². The first-order chi connectivity index (χ1) is 14.2. The first-order valence-electron chi connectivity index (χ1n) is 10.3. The van der Waals surface area contributed by atoms with Crippen LogP contribution in [-0.2, 0) is 9.59 Å². The first kappa shape index (κ1) is 25.3. The Morgan fingerprint density at radius 2 is 1.23 bits per heavy atom. The average Bonchev–Trinajstić information content (AvgIpc) is 2.70.